The highest BCUT2D eigenvalue weighted by molar-refractivity contribution is 7.91. The summed E-state index contributed by atoms with van der Waals surface area (Å²) in [6.07, 6.45) is 1.77. The minimum Gasteiger partial charge on any atom is -0.444 e. The van der Waals surface area contributed by atoms with Gasteiger partial charge >= 0.3 is 6.09 Å². The summed E-state index contributed by atoms with van der Waals surface area (Å²) in [7, 11) is -1.32. The Hall–Kier alpha value is -1.35. The van der Waals surface area contributed by atoms with Gasteiger partial charge in [-0.05, 0) is 33.6 Å². The predicted octanol–water partition coefficient (Wildman–Crippen LogP) is 1.35. The number of sulfone groups is 1. The largest absolute Gasteiger partial charge is 0.444 e. The van der Waals surface area contributed by atoms with Gasteiger partial charge in [-0.1, -0.05) is 13.3 Å². The number of hydrogen-bond donors (Lipinski definition) is 0. The molecule has 2 heterocycles. The summed E-state index contributed by atoms with van der Waals surface area (Å²) in [5, 5.41) is 0. The van der Waals surface area contributed by atoms with Gasteiger partial charge in [0.1, 0.15) is 5.60 Å². The van der Waals surface area contributed by atoms with E-state index in [1.807, 2.05) is 27.7 Å². The number of nitrogens with zero attached hydrogens (tertiary/aromatic N) is 3. The van der Waals surface area contributed by atoms with Gasteiger partial charge in [-0.3, -0.25) is 9.69 Å². The molecule has 2 fully saturated rings. The lowest BCUT2D eigenvalue weighted by atomic mass is 10.1. The lowest BCUT2D eigenvalue weighted by Crippen LogP contribution is -2.57. The smallest absolute Gasteiger partial charge is 0.410 e. The summed E-state index contributed by atoms with van der Waals surface area (Å²) in [5.74, 6) is 0.192. The summed E-state index contributed by atoms with van der Waals surface area (Å²) in [5.41, 5.74) is -0.529. The predicted molar refractivity (Wildman–Crippen MR) is 108 cm³/mol. The second-order valence-corrected chi connectivity index (χ2v) is 11.0. The van der Waals surface area contributed by atoms with Gasteiger partial charge in [-0.25, -0.2) is 13.2 Å². The van der Waals surface area contributed by atoms with Crippen LogP contribution >= 0.6 is 0 Å². The number of amides is 2. The molecule has 2 unspecified atom stereocenters. The average molecular weight is 418 g/mol. The van der Waals surface area contributed by atoms with Gasteiger partial charge in [0, 0.05) is 39.3 Å². The number of rotatable bonds is 5. The van der Waals surface area contributed by atoms with Crippen LogP contribution in [0.4, 0.5) is 4.79 Å². The molecule has 2 aliphatic heterocycles. The zero-order valence-corrected chi connectivity index (χ0v) is 18.6. The fourth-order valence-corrected chi connectivity index (χ4v) is 5.55. The maximum absolute atomic E-state index is 13.1. The monoisotopic (exact) mass is 417 g/mol. The number of piperazine rings is 1. The summed E-state index contributed by atoms with van der Waals surface area (Å²) >= 11 is 0. The van der Waals surface area contributed by atoms with Gasteiger partial charge in [0.15, 0.2) is 9.84 Å². The Balaban J connectivity index is 1.97. The number of hydrogen-bond acceptors (Lipinski definition) is 6. The third-order valence-corrected chi connectivity index (χ3v) is 7.11. The molecule has 0 aromatic heterocycles. The minimum atomic E-state index is -3.03. The zero-order valence-electron chi connectivity index (χ0n) is 17.8. The van der Waals surface area contributed by atoms with Crippen LogP contribution in [-0.2, 0) is 19.4 Å². The number of ether oxygens (including phenoxy) is 1. The van der Waals surface area contributed by atoms with Crippen LogP contribution in [0.5, 0.6) is 0 Å². The van der Waals surface area contributed by atoms with E-state index in [9.17, 15) is 18.0 Å². The molecule has 0 saturated carbocycles. The van der Waals surface area contributed by atoms with Crippen molar-refractivity contribution in [2.75, 3.05) is 44.7 Å². The fourth-order valence-electron chi connectivity index (χ4n) is 3.77. The van der Waals surface area contributed by atoms with Crippen molar-refractivity contribution >= 4 is 21.8 Å². The van der Waals surface area contributed by atoms with E-state index in [1.165, 1.54) is 0 Å². The number of likely N-dealkylation sites (N-methyl/N-ethyl adjacent to an activating group) is 1. The summed E-state index contributed by atoms with van der Waals surface area (Å²) < 4.78 is 29.0. The Kier molecular flexibility index (Phi) is 7.36. The second-order valence-electron chi connectivity index (χ2n) is 8.81. The van der Waals surface area contributed by atoms with Crippen molar-refractivity contribution in [3.8, 4) is 0 Å². The highest BCUT2D eigenvalue weighted by atomic mass is 32.2. The van der Waals surface area contributed by atoms with Crippen molar-refractivity contribution in [1.29, 1.82) is 0 Å². The summed E-state index contributed by atoms with van der Waals surface area (Å²) in [6.45, 7) is 9.81. The third kappa shape index (κ3) is 6.07. The van der Waals surface area contributed by atoms with Crippen LogP contribution in [0.3, 0.4) is 0 Å². The molecule has 162 valence electrons. The molecular weight excluding hydrogens is 382 g/mol. The van der Waals surface area contributed by atoms with Gasteiger partial charge in [-0.15, -0.1) is 0 Å². The van der Waals surface area contributed by atoms with E-state index in [4.69, 9.17) is 4.74 Å². The van der Waals surface area contributed by atoms with Gasteiger partial charge < -0.3 is 14.5 Å². The molecule has 2 aliphatic rings. The van der Waals surface area contributed by atoms with E-state index in [0.717, 1.165) is 12.8 Å². The van der Waals surface area contributed by atoms with E-state index in [-0.39, 0.29) is 35.6 Å². The summed E-state index contributed by atoms with van der Waals surface area (Å²) in [4.78, 5) is 30.8. The molecule has 0 radical (unpaired) electrons. The molecule has 2 amide bonds. The van der Waals surface area contributed by atoms with E-state index in [0.29, 0.717) is 32.6 Å². The Morgan fingerprint density at radius 1 is 1.18 bits per heavy atom. The van der Waals surface area contributed by atoms with E-state index in [2.05, 4.69) is 4.90 Å². The van der Waals surface area contributed by atoms with Gasteiger partial charge in [0.05, 0.1) is 17.5 Å². The average Bonchev–Trinajstić information content (AvgIpc) is 2.97. The van der Waals surface area contributed by atoms with E-state index < -0.39 is 15.4 Å². The second kappa shape index (κ2) is 8.98. The molecule has 0 spiro atoms. The van der Waals surface area contributed by atoms with Gasteiger partial charge in [0.25, 0.3) is 0 Å². The quantitative estimate of drug-likeness (QED) is 0.671. The number of carbonyl (C=O) groups is 2. The SMILES string of the molecule is CCCC(C(=O)N(C)C1CCS(=O)(=O)C1)N1CCN(C(=O)OC(C)(C)C)CC1. The molecule has 2 atom stereocenters. The first-order valence-electron chi connectivity index (χ1n) is 10.1. The molecule has 2 rings (SSSR count). The van der Waals surface area contributed by atoms with E-state index >= 15 is 0 Å². The topological polar surface area (TPSA) is 87.2 Å². The van der Waals surface area contributed by atoms with Crippen LogP contribution in [0.1, 0.15) is 47.0 Å². The fraction of sp³-hybridized carbons (Fsp3) is 0.895. The van der Waals surface area contributed by atoms with Crippen LogP contribution < -0.4 is 0 Å². The van der Waals surface area contributed by atoms with Crippen LogP contribution in [0.2, 0.25) is 0 Å². The molecule has 0 N–H and O–H groups in total. The van der Waals surface area contributed by atoms with Crippen molar-refractivity contribution < 1.29 is 22.7 Å². The molecule has 0 aromatic carbocycles. The van der Waals surface area contributed by atoms with Crippen LogP contribution in [0, 0.1) is 0 Å². The molecule has 0 aromatic rings. The summed E-state index contributed by atoms with van der Waals surface area (Å²) in [6, 6.07) is -0.515. The molecule has 0 bridgehead atoms. The van der Waals surface area contributed by atoms with Crippen LogP contribution in [0.15, 0.2) is 0 Å². The van der Waals surface area contributed by atoms with Gasteiger partial charge in [-0.2, -0.15) is 0 Å². The van der Waals surface area contributed by atoms with Crippen LogP contribution in [-0.4, -0.2) is 97.5 Å². The highest BCUT2D eigenvalue weighted by Gasteiger charge is 2.37. The Morgan fingerprint density at radius 2 is 1.79 bits per heavy atom. The number of carbonyl (C=O) groups excluding carboxylic acids is 2. The van der Waals surface area contributed by atoms with Crippen molar-refractivity contribution in [3.05, 3.63) is 0 Å². The normalized spacial score (nSPS) is 24.0. The van der Waals surface area contributed by atoms with Crippen molar-refractivity contribution in [2.24, 2.45) is 0 Å². The maximum atomic E-state index is 13.1. The first-order chi connectivity index (χ1) is 12.9. The van der Waals surface area contributed by atoms with Crippen molar-refractivity contribution in [1.82, 2.24) is 14.7 Å². The molecular formula is C19H35N3O5S. The maximum Gasteiger partial charge on any atom is 0.410 e. The Bertz CT molecular complexity index is 666. The molecule has 8 nitrogen and oxygen atoms in total. The molecule has 2 saturated heterocycles. The molecule has 0 aliphatic carbocycles. The molecule has 28 heavy (non-hydrogen) atoms. The van der Waals surface area contributed by atoms with Crippen molar-refractivity contribution in [2.45, 2.75) is 64.6 Å². The zero-order chi connectivity index (χ0) is 21.1. The minimum absolute atomic E-state index is 0.0188. The standard InChI is InChI=1S/C19H35N3O5S/c1-6-7-16(17(23)20(5)15-8-13-28(25,26)14-15)21-9-11-22(12-10-21)18(24)27-19(2,3)4/h15-16H,6-14H2,1-5H3. The third-order valence-electron chi connectivity index (χ3n) is 5.36. The van der Waals surface area contributed by atoms with E-state index in [1.54, 1.807) is 16.8 Å². The molecule has 9 heteroatoms. The van der Waals surface area contributed by atoms with Crippen molar-refractivity contribution in [3.63, 3.8) is 0 Å². The Morgan fingerprint density at radius 3 is 2.25 bits per heavy atom. The van der Waals surface area contributed by atoms with Gasteiger partial charge in [0.2, 0.25) is 5.91 Å². The van der Waals surface area contributed by atoms with Crippen LogP contribution in [0.25, 0.3) is 0 Å². The highest BCUT2D eigenvalue weighted by Crippen LogP contribution is 2.21. The first-order valence-corrected chi connectivity index (χ1v) is 11.9. The first kappa shape index (κ1) is 22.9. The lowest BCUT2D eigenvalue weighted by molar-refractivity contribution is -0.138. The Labute approximate surface area is 169 Å². The lowest BCUT2D eigenvalue weighted by Gasteiger charge is -2.40.